The van der Waals surface area contributed by atoms with Gasteiger partial charge in [0.1, 0.15) is 5.82 Å². The van der Waals surface area contributed by atoms with Crippen molar-refractivity contribution < 1.29 is 22.4 Å². The van der Waals surface area contributed by atoms with E-state index in [1.165, 1.54) is 11.9 Å². The lowest BCUT2D eigenvalue weighted by Gasteiger charge is -2.24. The largest absolute Gasteiger partial charge is 0.416 e. The predicted molar refractivity (Wildman–Crippen MR) is 64.8 cm³/mol. The van der Waals surface area contributed by atoms with Crippen LogP contribution in [0.15, 0.2) is 18.2 Å². The zero-order valence-corrected chi connectivity index (χ0v) is 10.8. The average molecular weight is 290 g/mol. The first-order valence-electron chi connectivity index (χ1n) is 6.15. The van der Waals surface area contributed by atoms with Gasteiger partial charge in [-0.1, -0.05) is 0 Å². The van der Waals surface area contributed by atoms with E-state index in [9.17, 15) is 22.4 Å². The van der Waals surface area contributed by atoms with Crippen molar-refractivity contribution in [1.29, 1.82) is 0 Å². The zero-order chi connectivity index (χ0) is 14.9. The van der Waals surface area contributed by atoms with Crippen LogP contribution in [-0.4, -0.2) is 37.0 Å². The molecule has 0 saturated carbocycles. The quantitative estimate of drug-likeness (QED) is 0.848. The fourth-order valence-electron chi connectivity index (χ4n) is 2.19. The van der Waals surface area contributed by atoms with Gasteiger partial charge in [0.2, 0.25) is 0 Å². The second-order valence-corrected chi connectivity index (χ2v) is 4.76. The van der Waals surface area contributed by atoms with Gasteiger partial charge >= 0.3 is 6.18 Å². The Balaban J connectivity index is 2.28. The highest BCUT2D eigenvalue weighted by Gasteiger charge is 2.33. The molecular weight excluding hydrogens is 276 g/mol. The van der Waals surface area contributed by atoms with Gasteiger partial charge < -0.3 is 10.2 Å². The lowest BCUT2D eigenvalue weighted by atomic mass is 10.1. The molecule has 0 radical (unpaired) electrons. The van der Waals surface area contributed by atoms with Crippen LogP contribution in [-0.2, 0) is 6.18 Å². The Kier molecular flexibility index (Phi) is 3.99. The number of benzene rings is 1. The number of carbonyl (C=O) groups is 1. The summed E-state index contributed by atoms with van der Waals surface area (Å²) in [5.74, 6) is -1.68. The lowest BCUT2D eigenvalue weighted by molar-refractivity contribution is -0.137. The molecule has 1 amide bonds. The smallest absolute Gasteiger partial charge is 0.337 e. The van der Waals surface area contributed by atoms with Crippen molar-refractivity contribution >= 4 is 5.91 Å². The Labute approximate surface area is 113 Å². The molecule has 1 aromatic carbocycles. The first kappa shape index (κ1) is 14.8. The summed E-state index contributed by atoms with van der Waals surface area (Å²) in [6, 6.07) is 1.74. The van der Waals surface area contributed by atoms with Gasteiger partial charge in [-0.15, -0.1) is 0 Å². The molecule has 1 aromatic rings. The van der Waals surface area contributed by atoms with E-state index in [0.717, 1.165) is 6.54 Å². The molecule has 1 N–H and O–H groups in total. The highest BCUT2D eigenvalue weighted by Crippen LogP contribution is 2.30. The second kappa shape index (κ2) is 5.40. The lowest BCUT2D eigenvalue weighted by Crippen LogP contribution is -2.38. The molecule has 3 nitrogen and oxygen atoms in total. The minimum atomic E-state index is -4.60. The minimum absolute atomic E-state index is 0.128. The summed E-state index contributed by atoms with van der Waals surface area (Å²) in [6.45, 7) is 1.29. The summed E-state index contributed by atoms with van der Waals surface area (Å²) in [5, 5.41) is 3.04. The first-order valence-corrected chi connectivity index (χ1v) is 6.15. The topological polar surface area (TPSA) is 32.3 Å². The van der Waals surface area contributed by atoms with Gasteiger partial charge in [0, 0.05) is 19.6 Å². The molecule has 1 heterocycles. The Bertz CT molecular complexity index is 510. The van der Waals surface area contributed by atoms with Gasteiger partial charge in [0.05, 0.1) is 11.1 Å². The van der Waals surface area contributed by atoms with Gasteiger partial charge in [-0.05, 0) is 31.2 Å². The van der Waals surface area contributed by atoms with Crippen LogP contribution in [0.5, 0.6) is 0 Å². The maximum atomic E-state index is 13.6. The van der Waals surface area contributed by atoms with Crippen molar-refractivity contribution in [3.05, 3.63) is 35.1 Å². The van der Waals surface area contributed by atoms with Crippen LogP contribution in [0, 0.1) is 5.82 Å². The summed E-state index contributed by atoms with van der Waals surface area (Å²) in [6.07, 6.45) is -3.90. The van der Waals surface area contributed by atoms with Gasteiger partial charge in [-0.2, -0.15) is 13.2 Å². The molecule has 0 bridgehead atoms. The van der Waals surface area contributed by atoms with E-state index < -0.39 is 29.0 Å². The van der Waals surface area contributed by atoms with E-state index in [1.54, 1.807) is 0 Å². The number of hydrogen-bond donors (Lipinski definition) is 1. The van der Waals surface area contributed by atoms with E-state index >= 15 is 0 Å². The van der Waals surface area contributed by atoms with Crippen LogP contribution in [0.4, 0.5) is 17.6 Å². The number of amides is 1. The van der Waals surface area contributed by atoms with Crippen molar-refractivity contribution in [2.24, 2.45) is 0 Å². The molecule has 0 aliphatic carbocycles. The molecule has 1 aliphatic heterocycles. The molecule has 20 heavy (non-hydrogen) atoms. The van der Waals surface area contributed by atoms with Crippen LogP contribution >= 0.6 is 0 Å². The number of nitrogens with one attached hydrogen (secondary N) is 1. The molecule has 2 rings (SSSR count). The SMILES string of the molecule is CN(C(=O)c1cc(C(F)(F)F)ccc1F)C1CCNC1. The third-order valence-electron chi connectivity index (χ3n) is 3.43. The fraction of sp³-hybridized carbons (Fsp3) is 0.462. The van der Waals surface area contributed by atoms with Crippen LogP contribution < -0.4 is 5.32 Å². The number of alkyl halides is 3. The maximum Gasteiger partial charge on any atom is 0.416 e. The highest BCUT2D eigenvalue weighted by molar-refractivity contribution is 5.94. The molecular formula is C13H14F4N2O. The second-order valence-electron chi connectivity index (χ2n) is 4.76. The molecule has 7 heteroatoms. The molecule has 1 fully saturated rings. The first-order chi connectivity index (χ1) is 9.30. The number of likely N-dealkylation sites (N-methyl/N-ethyl adjacent to an activating group) is 1. The summed E-state index contributed by atoms with van der Waals surface area (Å²) in [5.41, 5.74) is -1.57. The monoisotopic (exact) mass is 290 g/mol. The van der Waals surface area contributed by atoms with Gasteiger partial charge in [0.25, 0.3) is 5.91 Å². The Morgan fingerprint density at radius 1 is 1.40 bits per heavy atom. The Morgan fingerprint density at radius 2 is 2.10 bits per heavy atom. The predicted octanol–water partition coefficient (Wildman–Crippen LogP) is 2.28. The number of nitrogens with zero attached hydrogens (tertiary/aromatic N) is 1. The number of hydrogen-bond acceptors (Lipinski definition) is 2. The highest BCUT2D eigenvalue weighted by atomic mass is 19.4. The standard InChI is InChI=1S/C13H14F4N2O/c1-19(9-4-5-18-7-9)12(20)10-6-8(13(15,16)17)2-3-11(10)14/h2-3,6,9,18H,4-5,7H2,1H3. The summed E-state index contributed by atoms with van der Waals surface area (Å²) >= 11 is 0. The van der Waals surface area contributed by atoms with Crippen molar-refractivity contribution in [1.82, 2.24) is 10.2 Å². The van der Waals surface area contributed by atoms with E-state index in [-0.39, 0.29) is 6.04 Å². The third kappa shape index (κ3) is 2.92. The van der Waals surface area contributed by atoms with Crippen LogP contribution in [0.3, 0.4) is 0 Å². The Hall–Kier alpha value is -1.63. The van der Waals surface area contributed by atoms with Crippen molar-refractivity contribution in [2.75, 3.05) is 20.1 Å². The van der Waals surface area contributed by atoms with Crippen molar-refractivity contribution in [2.45, 2.75) is 18.6 Å². The van der Waals surface area contributed by atoms with Crippen molar-refractivity contribution in [3.63, 3.8) is 0 Å². The van der Waals surface area contributed by atoms with E-state index in [2.05, 4.69) is 5.32 Å². The maximum absolute atomic E-state index is 13.6. The van der Waals surface area contributed by atoms with E-state index in [4.69, 9.17) is 0 Å². The molecule has 1 aliphatic rings. The summed E-state index contributed by atoms with van der Waals surface area (Å²) in [7, 11) is 1.47. The molecule has 0 spiro atoms. The van der Waals surface area contributed by atoms with Crippen LogP contribution in [0.25, 0.3) is 0 Å². The third-order valence-corrected chi connectivity index (χ3v) is 3.43. The number of rotatable bonds is 2. The van der Waals surface area contributed by atoms with Crippen LogP contribution in [0.1, 0.15) is 22.3 Å². The van der Waals surface area contributed by atoms with Gasteiger partial charge in [-0.3, -0.25) is 4.79 Å². The minimum Gasteiger partial charge on any atom is -0.337 e. The molecule has 1 saturated heterocycles. The normalized spacial score (nSPS) is 19.1. The Morgan fingerprint density at radius 3 is 2.65 bits per heavy atom. The molecule has 110 valence electrons. The zero-order valence-electron chi connectivity index (χ0n) is 10.8. The fourth-order valence-corrected chi connectivity index (χ4v) is 2.19. The summed E-state index contributed by atoms with van der Waals surface area (Å²) in [4.78, 5) is 13.4. The molecule has 1 unspecified atom stereocenters. The summed E-state index contributed by atoms with van der Waals surface area (Å²) < 4.78 is 51.4. The number of halogens is 4. The molecule has 1 atom stereocenters. The van der Waals surface area contributed by atoms with E-state index in [1.807, 2.05) is 0 Å². The number of carbonyl (C=O) groups excluding carboxylic acids is 1. The van der Waals surface area contributed by atoms with Crippen LogP contribution in [0.2, 0.25) is 0 Å². The van der Waals surface area contributed by atoms with Crippen molar-refractivity contribution in [3.8, 4) is 0 Å². The molecule has 0 aromatic heterocycles. The average Bonchev–Trinajstić information content (AvgIpc) is 2.90. The van der Waals surface area contributed by atoms with Gasteiger partial charge in [-0.25, -0.2) is 4.39 Å². The van der Waals surface area contributed by atoms with Gasteiger partial charge in [0.15, 0.2) is 0 Å². The van der Waals surface area contributed by atoms with E-state index in [0.29, 0.717) is 31.2 Å².